The monoisotopic (exact) mass is 1680 g/mol. The fraction of sp³-hybridized carbons (Fsp3) is 0.0400. The van der Waals surface area contributed by atoms with Gasteiger partial charge >= 0.3 is 0 Å². The number of anilines is 6. The van der Waals surface area contributed by atoms with Crippen molar-refractivity contribution in [3.05, 3.63) is 483 Å². The van der Waals surface area contributed by atoms with E-state index in [4.69, 9.17) is 13.9 Å². The van der Waals surface area contributed by atoms with Gasteiger partial charge in [0.05, 0.1) is 16.8 Å². The normalized spacial score (nSPS) is 13.2. The number of fused-ring (bicyclic) bond motifs is 15. The van der Waals surface area contributed by atoms with Crippen LogP contribution < -0.4 is 52.1 Å². The molecule has 20 aromatic carbocycles. The van der Waals surface area contributed by atoms with Gasteiger partial charge in [-0.1, -0.05) is 433 Å². The van der Waals surface area contributed by atoms with Gasteiger partial charge in [-0.15, -0.1) is 0 Å². The van der Waals surface area contributed by atoms with Gasteiger partial charge in [0.1, 0.15) is 34.2 Å². The van der Waals surface area contributed by atoms with Gasteiger partial charge in [0.2, 0.25) is 0 Å². The van der Waals surface area contributed by atoms with Gasteiger partial charge in [-0.2, -0.15) is 0 Å². The summed E-state index contributed by atoms with van der Waals surface area (Å²) in [5.41, 5.74) is 40.9. The number of hydrogen-bond acceptors (Lipinski definition) is 5. The average molecular weight is 1680 g/mol. The van der Waals surface area contributed by atoms with Crippen LogP contribution in [0.2, 0.25) is 0 Å². The molecule has 0 N–H and O–H groups in total. The summed E-state index contributed by atoms with van der Waals surface area (Å²) in [6.45, 7) is 6.12. The van der Waals surface area contributed by atoms with Crippen molar-refractivity contribution in [2.75, 3.05) is 9.80 Å². The van der Waals surface area contributed by atoms with Gasteiger partial charge in [0.15, 0.2) is 0 Å². The maximum atomic E-state index is 8.54. The molecule has 618 valence electrons. The molecule has 0 unspecified atom stereocenters. The third kappa shape index (κ3) is 12.0. The Hall–Kier alpha value is -16.5. The average Bonchev–Trinajstić information content (AvgIpc) is 0.716. The first kappa shape index (κ1) is 76.7. The van der Waals surface area contributed by atoms with Crippen LogP contribution in [0.3, 0.4) is 0 Å². The summed E-state index contributed by atoms with van der Waals surface area (Å²) in [5.74, 6) is 2.94. The lowest BCUT2D eigenvalue weighted by Gasteiger charge is -2.48. The second kappa shape index (κ2) is 30.4. The Morgan fingerprint density at radius 1 is 0.242 bits per heavy atom. The molecule has 0 atom stereocenters. The summed E-state index contributed by atoms with van der Waals surface area (Å²) < 4.78 is 24.1. The summed E-state index contributed by atoms with van der Waals surface area (Å²) in [6.07, 6.45) is 0. The molecule has 21 aromatic rings. The molecule has 1 aromatic heterocycles. The van der Waals surface area contributed by atoms with E-state index in [1.54, 1.807) is 0 Å². The predicted octanol–water partition coefficient (Wildman–Crippen LogP) is 29.1. The van der Waals surface area contributed by atoms with Crippen molar-refractivity contribution >= 4 is 102 Å². The second-order valence-corrected chi connectivity index (χ2v) is 36.7. The summed E-state index contributed by atoms with van der Waals surface area (Å²) in [6, 6.07) is 169. The molecule has 1 aliphatic carbocycles. The number of benzene rings is 20. The lowest BCUT2D eigenvalue weighted by atomic mass is 9.30. The number of rotatable bonds is 13. The summed E-state index contributed by atoms with van der Waals surface area (Å²) in [7, 11) is 0. The van der Waals surface area contributed by atoms with E-state index in [-0.39, 0.29) is 0 Å². The van der Waals surface area contributed by atoms with Gasteiger partial charge in [0.25, 0.3) is 13.4 Å². The first-order valence-corrected chi connectivity index (χ1v) is 45.9. The quantitative estimate of drug-likeness (QED) is 0.108. The van der Waals surface area contributed by atoms with Crippen molar-refractivity contribution in [1.82, 2.24) is 0 Å². The van der Waals surface area contributed by atoms with Crippen molar-refractivity contribution in [3.63, 3.8) is 0 Å². The van der Waals surface area contributed by atoms with E-state index in [0.29, 0.717) is 11.5 Å². The molecule has 26 rings (SSSR count). The van der Waals surface area contributed by atoms with Gasteiger partial charge in [-0.25, -0.2) is 0 Å². The number of ether oxygens (including phenoxy) is 2. The van der Waals surface area contributed by atoms with Crippen LogP contribution in [0.5, 0.6) is 23.0 Å². The molecule has 7 heteroatoms. The lowest BCUT2D eigenvalue weighted by Crippen LogP contribution is -2.65. The largest absolute Gasteiger partial charge is 0.459 e. The zero-order valence-corrected chi connectivity index (χ0v) is 73.1. The lowest BCUT2D eigenvalue weighted by molar-refractivity contribution is 0.467. The van der Waals surface area contributed by atoms with E-state index in [2.05, 4.69) is 486 Å². The van der Waals surface area contributed by atoms with Crippen LogP contribution >= 0.6 is 0 Å². The third-order valence-electron chi connectivity index (χ3n) is 28.4. The Morgan fingerprint density at radius 2 is 0.652 bits per heavy atom. The second-order valence-electron chi connectivity index (χ2n) is 36.7. The predicted molar refractivity (Wildman–Crippen MR) is 550 cm³/mol. The molecule has 5 heterocycles. The highest BCUT2D eigenvalue weighted by Crippen LogP contribution is 2.61. The maximum absolute atomic E-state index is 8.54. The van der Waals surface area contributed by atoms with Crippen LogP contribution in [0.4, 0.5) is 34.1 Å². The first-order valence-electron chi connectivity index (χ1n) is 45.9. The Morgan fingerprint density at radius 3 is 1.20 bits per heavy atom. The van der Waals surface area contributed by atoms with E-state index >= 15 is 0 Å². The highest BCUT2D eigenvalue weighted by Gasteiger charge is 2.54. The fourth-order valence-electron chi connectivity index (χ4n) is 22.5. The number of nitrogens with zero attached hydrogens (tertiary/aromatic N) is 2. The van der Waals surface area contributed by atoms with E-state index in [0.717, 1.165) is 200 Å². The highest BCUT2D eigenvalue weighted by atomic mass is 16.5. The fourth-order valence-corrected chi connectivity index (χ4v) is 22.5. The Labute approximate surface area is 769 Å². The van der Waals surface area contributed by atoms with Crippen LogP contribution in [0.25, 0.3) is 133 Å². The standard InChI is InChI=1S/C125H84B2N2O3/c1-124(2,3)93-74-109-117-110(75-93)129(121-94(85-43-20-8-21-44-85)53-32-54-95(121)86-45-22-9-23-46-86)111-77-115-119-123(118(111)127(117)105-72-89(81-39-16-6-17-40-81)69-70-108(105)128(109)120-96(87-65-61-83(62-66-87)79-35-12-4-13-36-79)55-33-56-97(120)88-67-63-84(64-68-88)80-37-14-5-15-38-80)131-114-78-113-101(98-51-29-31-60-112(98)130-113)76-106(114)126(119)107-73-90(82-41-18-7-19-42-82)71-102(122(107)132-115)99-57-34-59-104-116(99)100-52-28-30-58-103(100)125(104,91-47-24-10-25-48-91)92-49-26-11-27-50-92/h4-78H,1-3H3. The molecule has 0 radical (unpaired) electrons. The number of hydrogen-bond donors (Lipinski definition) is 0. The minimum Gasteiger partial charge on any atom is -0.459 e. The van der Waals surface area contributed by atoms with Crippen molar-refractivity contribution in [2.24, 2.45) is 0 Å². The first-order chi connectivity index (χ1) is 65.1. The van der Waals surface area contributed by atoms with Crippen molar-refractivity contribution in [3.8, 4) is 134 Å². The number of para-hydroxylation sites is 3. The highest BCUT2D eigenvalue weighted by molar-refractivity contribution is 7.03. The molecular formula is C125H84B2N2O3. The zero-order valence-electron chi connectivity index (χ0n) is 73.1. The van der Waals surface area contributed by atoms with Crippen LogP contribution in [-0.2, 0) is 10.8 Å². The molecule has 0 bridgehead atoms. The van der Waals surface area contributed by atoms with Gasteiger partial charge < -0.3 is 23.7 Å². The molecule has 0 saturated carbocycles. The maximum Gasteiger partial charge on any atom is 0.260 e. The minimum absolute atomic E-state index is 0.425. The SMILES string of the molecule is CC(C)(C)c1cc2c3c(c1)N(c1c(-c4ccccc4)cccc1-c1ccccc1)c1cc4c5c(c1B3c1cc(-c3ccccc3)ccc1N2c1c(-c2ccc(-c3ccccc3)cc2)cccc1-c1ccc(-c2ccccc2)cc1)Oc1cc2oc3ccccc3c2cc1B5c1cc(-c2ccccc2)cc(-c2cccc3c2-c2ccccc2C3(c2ccccc2)c2ccccc2)c1O4. The van der Waals surface area contributed by atoms with Gasteiger partial charge in [0, 0.05) is 78.9 Å². The molecule has 0 amide bonds. The molecule has 4 aliphatic heterocycles. The van der Waals surface area contributed by atoms with Crippen LogP contribution in [0.15, 0.2) is 459 Å². The molecule has 0 fully saturated rings. The molecule has 0 saturated heterocycles. The van der Waals surface area contributed by atoms with Crippen molar-refractivity contribution in [2.45, 2.75) is 31.6 Å². The number of furan rings is 1. The van der Waals surface area contributed by atoms with Gasteiger partial charge in [-0.05, 0) is 174 Å². The van der Waals surface area contributed by atoms with Crippen molar-refractivity contribution < 1.29 is 13.9 Å². The Bertz CT molecular complexity index is 8010. The zero-order chi connectivity index (χ0) is 87.4. The summed E-state index contributed by atoms with van der Waals surface area (Å²) in [4.78, 5) is 5.33. The third-order valence-corrected chi connectivity index (χ3v) is 28.4. The summed E-state index contributed by atoms with van der Waals surface area (Å²) in [5, 5.41) is 2.05. The van der Waals surface area contributed by atoms with Crippen LogP contribution in [0.1, 0.15) is 48.6 Å². The molecule has 132 heavy (non-hydrogen) atoms. The van der Waals surface area contributed by atoms with E-state index in [9.17, 15) is 0 Å². The van der Waals surface area contributed by atoms with E-state index in [1.165, 1.54) is 38.9 Å². The van der Waals surface area contributed by atoms with Crippen molar-refractivity contribution in [1.29, 1.82) is 0 Å². The smallest absolute Gasteiger partial charge is 0.260 e. The Balaban J connectivity index is 0.810. The molecule has 0 spiro atoms. The van der Waals surface area contributed by atoms with Crippen LogP contribution in [-0.4, -0.2) is 13.4 Å². The topological polar surface area (TPSA) is 38.1 Å². The molecular weight excluding hydrogens is 1600 g/mol. The van der Waals surface area contributed by atoms with E-state index < -0.39 is 24.3 Å². The molecule has 5 aliphatic rings. The van der Waals surface area contributed by atoms with Gasteiger partial charge in [-0.3, -0.25) is 0 Å². The summed E-state index contributed by atoms with van der Waals surface area (Å²) >= 11 is 0. The van der Waals surface area contributed by atoms with E-state index in [1.807, 2.05) is 0 Å². The van der Waals surface area contributed by atoms with Crippen LogP contribution in [0, 0.1) is 0 Å². The minimum atomic E-state index is -0.686. The molecule has 5 nitrogen and oxygen atoms in total. The Kier molecular flexibility index (Phi) is 17.6.